The average Bonchev–Trinajstić information content (AvgIpc) is 1.53. The van der Waals surface area contributed by atoms with Gasteiger partial charge in [0.25, 0.3) is 0 Å². The van der Waals surface area contributed by atoms with Crippen molar-refractivity contribution in [2.45, 2.75) is 5.41 Å². The Morgan fingerprint density at radius 1 is 0.234 bits per heavy atom. The van der Waals surface area contributed by atoms with Crippen LogP contribution in [0, 0.1) is 0 Å². The van der Waals surface area contributed by atoms with Gasteiger partial charge in [0.15, 0.2) is 34.9 Å². The minimum atomic E-state index is -0.551. The SMILES string of the molecule is c1ccc(-c2cc(-c3ccccc3)cc(-c3nc(-c4ccccc4)nc(-c4cccc5oc6c(-c7nc8ccccc8s7)cccc6c45)n3)c2)cc1.c1ccc(-c2nc(-c3cccc4c3-c3ccccc3C4(c3ccccc3)c3ccccc3)nc(-c3cccc4oc5c(-c6nc7ccccc7s6)cccc5c34)n2)cc1. The number of aromatic nitrogens is 8. The van der Waals surface area contributed by atoms with Crippen LogP contribution in [0.15, 0.2) is 373 Å². The van der Waals surface area contributed by atoms with Crippen molar-refractivity contribution in [3.05, 3.63) is 386 Å². The van der Waals surface area contributed by atoms with Crippen LogP contribution in [0.2, 0.25) is 0 Å². The maximum atomic E-state index is 6.73. The van der Waals surface area contributed by atoms with Crippen molar-refractivity contribution in [1.29, 1.82) is 0 Å². The molecule has 0 unspecified atom stereocenters. The molecule has 0 saturated carbocycles. The molecule has 0 saturated heterocycles. The number of hydrogen-bond donors (Lipinski definition) is 0. The largest absolute Gasteiger partial charge is 0.455 e. The molecule has 0 bridgehead atoms. The molecule has 6 heterocycles. The van der Waals surface area contributed by atoms with Crippen LogP contribution in [0.5, 0.6) is 0 Å². The molecule has 111 heavy (non-hydrogen) atoms. The summed E-state index contributed by atoms with van der Waals surface area (Å²) in [4.78, 5) is 41.4. The summed E-state index contributed by atoms with van der Waals surface area (Å²) in [6.45, 7) is 0. The predicted octanol–water partition coefficient (Wildman–Crippen LogP) is 25.8. The third-order valence-electron chi connectivity index (χ3n) is 21.0. The summed E-state index contributed by atoms with van der Waals surface area (Å²) in [5, 5.41) is 5.74. The van der Waals surface area contributed by atoms with E-state index in [1.54, 1.807) is 22.7 Å². The summed E-state index contributed by atoms with van der Waals surface area (Å²) in [5.74, 6) is 3.57. The van der Waals surface area contributed by atoms with E-state index in [-0.39, 0.29) is 0 Å². The quantitative estimate of drug-likeness (QED) is 0.117. The summed E-state index contributed by atoms with van der Waals surface area (Å²) in [6.07, 6.45) is 0. The second kappa shape index (κ2) is 27.2. The second-order valence-corrected chi connectivity index (χ2v) is 29.6. The van der Waals surface area contributed by atoms with E-state index in [1.165, 1.54) is 27.8 Å². The van der Waals surface area contributed by atoms with Crippen LogP contribution < -0.4 is 0 Å². The second-order valence-electron chi connectivity index (χ2n) is 27.5. The van der Waals surface area contributed by atoms with Crippen LogP contribution in [0.1, 0.15) is 22.3 Å². The Bertz CT molecular complexity index is 6990. The molecule has 0 spiro atoms. The maximum Gasteiger partial charge on any atom is 0.164 e. The number of thiazole rings is 2. The zero-order valence-electron chi connectivity index (χ0n) is 59.4. The molecule has 10 nitrogen and oxygen atoms in total. The molecule has 0 atom stereocenters. The number of rotatable bonds is 12. The summed E-state index contributed by atoms with van der Waals surface area (Å²) in [7, 11) is 0. The van der Waals surface area contributed by atoms with E-state index in [4.69, 9.17) is 48.7 Å². The van der Waals surface area contributed by atoms with Crippen molar-refractivity contribution in [3.8, 4) is 123 Å². The van der Waals surface area contributed by atoms with Gasteiger partial charge in [0, 0.05) is 54.9 Å². The molecule has 21 aromatic rings. The fourth-order valence-electron chi connectivity index (χ4n) is 16.1. The first kappa shape index (κ1) is 65.0. The van der Waals surface area contributed by atoms with E-state index in [1.807, 2.05) is 109 Å². The lowest BCUT2D eigenvalue weighted by atomic mass is 9.67. The van der Waals surface area contributed by atoms with Gasteiger partial charge in [-0.3, -0.25) is 0 Å². The van der Waals surface area contributed by atoms with Gasteiger partial charge in [-0.25, -0.2) is 39.9 Å². The summed E-state index contributed by atoms with van der Waals surface area (Å²) < 4.78 is 15.7. The van der Waals surface area contributed by atoms with Gasteiger partial charge in [-0.2, -0.15) is 0 Å². The van der Waals surface area contributed by atoms with Crippen molar-refractivity contribution in [1.82, 2.24) is 39.9 Å². The van der Waals surface area contributed by atoms with E-state index in [0.717, 1.165) is 147 Å². The van der Waals surface area contributed by atoms with Crippen LogP contribution in [0.25, 0.3) is 187 Å². The van der Waals surface area contributed by atoms with Gasteiger partial charge in [0.2, 0.25) is 0 Å². The number of benzene rings is 15. The summed E-state index contributed by atoms with van der Waals surface area (Å²) in [5.41, 5.74) is 23.4. The number of hydrogen-bond acceptors (Lipinski definition) is 12. The van der Waals surface area contributed by atoms with Crippen LogP contribution in [0.4, 0.5) is 0 Å². The van der Waals surface area contributed by atoms with Crippen molar-refractivity contribution in [2.75, 3.05) is 0 Å². The molecule has 6 aromatic heterocycles. The highest BCUT2D eigenvalue weighted by atomic mass is 32.1. The highest BCUT2D eigenvalue weighted by molar-refractivity contribution is 7.22. The minimum absolute atomic E-state index is 0.551. The maximum absolute atomic E-state index is 6.73. The molecule has 0 radical (unpaired) electrons. The van der Waals surface area contributed by atoms with Gasteiger partial charge in [-0.15, -0.1) is 22.7 Å². The Kier molecular flexibility index (Phi) is 15.9. The Balaban J connectivity index is 0.000000142. The van der Waals surface area contributed by atoms with Crippen LogP contribution >= 0.6 is 22.7 Å². The van der Waals surface area contributed by atoms with Crippen molar-refractivity contribution in [3.63, 3.8) is 0 Å². The zero-order valence-corrected chi connectivity index (χ0v) is 61.0. The van der Waals surface area contributed by atoms with E-state index < -0.39 is 5.41 Å². The van der Waals surface area contributed by atoms with Crippen molar-refractivity contribution < 1.29 is 8.83 Å². The number of fused-ring (bicyclic) bond motifs is 11. The third-order valence-corrected chi connectivity index (χ3v) is 23.2. The fourth-order valence-corrected chi connectivity index (χ4v) is 18.1. The Labute approximate surface area is 645 Å². The summed E-state index contributed by atoms with van der Waals surface area (Å²) in [6, 6.07) is 126. The molecule has 12 heteroatoms. The number of furan rings is 2. The molecular formula is C99H60N8O2S2. The van der Waals surface area contributed by atoms with Gasteiger partial charge < -0.3 is 8.83 Å². The highest BCUT2D eigenvalue weighted by Crippen LogP contribution is 2.58. The van der Waals surface area contributed by atoms with Crippen LogP contribution in [0.3, 0.4) is 0 Å². The molecule has 15 aromatic carbocycles. The normalized spacial score (nSPS) is 12.2. The Morgan fingerprint density at radius 3 is 1.06 bits per heavy atom. The standard InChI is InChI=1S/C53H32N4OS.C46H28N4OS/c1-4-17-33(18-5-1)49-55-50(38-25-15-29-42-46(38)36-23-10-11-28-41(36)53(42,34-19-6-2-7-20-34)35-21-8-3-9-22-35)57-51(56-49)39-26-16-31-44-47(39)37-24-14-27-40(48(37)58-44)52-54-43-30-12-13-32-45(43)59-52;1-4-14-29(15-5-1)32-26-33(30-16-6-2-7-17-30)28-34(27-32)44-48-43(31-18-8-3-9-19-31)49-45(50-44)36-21-13-24-39-41(36)35-20-12-22-37(42(35)51-39)46-47-38-23-10-11-25-40(38)52-46/h1-32H;1-28H. The van der Waals surface area contributed by atoms with Gasteiger partial charge in [0.1, 0.15) is 32.3 Å². The Morgan fingerprint density at radius 2 is 0.577 bits per heavy atom. The predicted molar refractivity (Wildman–Crippen MR) is 452 cm³/mol. The average molecular weight is 1460 g/mol. The topological polar surface area (TPSA) is 129 Å². The Hall–Kier alpha value is -14.3. The molecule has 0 N–H and O–H groups in total. The number of nitrogens with zero attached hydrogens (tertiary/aromatic N) is 8. The zero-order chi connectivity index (χ0) is 73.4. The third kappa shape index (κ3) is 11.3. The number of para-hydroxylation sites is 4. The van der Waals surface area contributed by atoms with Crippen molar-refractivity contribution in [2.24, 2.45) is 0 Å². The minimum Gasteiger partial charge on any atom is -0.455 e. The lowest BCUT2D eigenvalue weighted by Gasteiger charge is -2.33. The smallest absolute Gasteiger partial charge is 0.164 e. The van der Waals surface area contributed by atoms with E-state index in [0.29, 0.717) is 34.9 Å². The van der Waals surface area contributed by atoms with Gasteiger partial charge in [-0.1, -0.05) is 297 Å². The van der Waals surface area contributed by atoms with Crippen LogP contribution in [-0.4, -0.2) is 39.9 Å². The first-order valence-electron chi connectivity index (χ1n) is 36.9. The van der Waals surface area contributed by atoms with Crippen molar-refractivity contribution >= 4 is 87.0 Å². The lowest BCUT2D eigenvalue weighted by molar-refractivity contribution is 0.669. The van der Waals surface area contributed by atoms with E-state index >= 15 is 0 Å². The fraction of sp³-hybridized carbons (Fsp3) is 0.0101. The molecule has 520 valence electrons. The van der Waals surface area contributed by atoms with Gasteiger partial charge in [0.05, 0.1) is 37.0 Å². The molecule has 0 amide bonds. The molecule has 22 rings (SSSR count). The first-order chi connectivity index (χ1) is 55.0. The molecular weight excluding hydrogens is 1400 g/mol. The lowest BCUT2D eigenvalue weighted by Crippen LogP contribution is -2.28. The molecule has 1 aliphatic carbocycles. The molecule has 1 aliphatic rings. The molecule has 0 aliphatic heterocycles. The van der Waals surface area contributed by atoms with E-state index in [9.17, 15) is 0 Å². The van der Waals surface area contributed by atoms with E-state index in [2.05, 4.69) is 255 Å². The van der Waals surface area contributed by atoms with Gasteiger partial charge in [-0.05, 0) is 122 Å². The monoisotopic (exact) mass is 1460 g/mol. The molecule has 0 fully saturated rings. The highest BCUT2D eigenvalue weighted by Gasteiger charge is 2.47. The van der Waals surface area contributed by atoms with Gasteiger partial charge >= 0.3 is 0 Å². The summed E-state index contributed by atoms with van der Waals surface area (Å²) >= 11 is 3.34. The van der Waals surface area contributed by atoms with Crippen LogP contribution in [-0.2, 0) is 5.41 Å². The first-order valence-corrected chi connectivity index (χ1v) is 38.5.